The highest BCUT2D eigenvalue weighted by Gasteiger charge is 2.42. The fourth-order valence-corrected chi connectivity index (χ4v) is 5.43. The van der Waals surface area contributed by atoms with E-state index in [1.54, 1.807) is 12.1 Å². The number of nitrogens with one attached hydrogen (secondary N) is 1. The number of amides is 3. The fourth-order valence-electron chi connectivity index (χ4n) is 5.43. The van der Waals surface area contributed by atoms with Crippen molar-refractivity contribution in [1.82, 2.24) is 5.32 Å². The molecule has 1 saturated carbocycles. The normalized spacial score (nSPS) is 20.3. The van der Waals surface area contributed by atoms with E-state index < -0.39 is 54.7 Å². The number of anilines is 1. The van der Waals surface area contributed by atoms with E-state index in [-0.39, 0.29) is 12.3 Å². The number of rotatable bonds is 9. The molecule has 2 aromatic carbocycles. The maximum atomic E-state index is 13.9. The summed E-state index contributed by atoms with van der Waals surface area (Å²) in [5, 5.41) is 2.60. The van der Waals surface area contributed by atoms with Gasteiger partial charge in [0.25, 0.3) is 5.91 Å². The lowest BCUT2D eigenvalue weighted by atomic mass is 9.83. The number of primary amides is 1. The Morgan fingerprint density at radius 3 is 2.52 bits per heavy atom. The van der Waals surface area contributed by atoms with Gasteiger partial charge in [0.1, 0.15) is 5.75 Å². The molecule has 8 nitrogen and oxygen atoms in total. The Bertz CT molecular complexity index is 1310. The Balaban J connectivity index is 1.53. The van der Waals surface area contributed by atoms with Gasteiger partial charge < -0.3 is 20.7 Å². The third-order valence-corrected chi connectivity index (χ3v) is 7.60. The summed E-state index contributed by atoms with van der Waals surface area (Å²) in [4.78, 5) is 46.1. The van der Waals surface area contributed by atoms with Crippen LogP contribution in [-0.2, 0) is 14.4 Å². The van der Waals surface area contributed by atoms with Crippen LogP contribution in [0.4, 0.5) is 18.9 Å². The highest BCUT2D eigenvalue weighted by Crippen LogP contribution is 2.40. The molecule has 5 rings (SSSR count). The second kappa shape index (κ2) is 11.3. The van der Waals surface area contributed by atoms with Crippen molar-refractivity contribution < 1.29 is 32.3 Å². The minimum absolute atomic E-state index is 0.144. The van der Waals surface area contributed by atoms with E-state index in [0.29, 0.717) is 47.8 Å². The Morgan fingerprint density at radius 1 is 1.10 bits per heavy atom. The number of carbonyl (C=O) groups excluding carboxylic acids is 3. The molecule has 1 fully saturated rings. The molecule has 3 atom stereocenters. The van der Waals surface area contributed by atoms with Crippen molar-refractivity contribution in [3.63, 3.8) is 0 Å². The summed E-state index contributed by atoms with van der Waals surface area (Å²) in [6.07, 6.45) is -5.39. The van der Waals surface area contributed by atoms with E-state index >= 15 is 0 Å². The van der Waals surface area contributed by atoms with Gasteiger partial charge in [-0.05, 0) is 31.2 Å². The van der Waals surface area contributed by atoms with Crippen LogP contribution in [0.3, 0.4) is 0 Å². The number of nitrogens with zero attached hydrogens (tertiary/aromatic N) is 2. The van der Waals surface area contributed by atoms with Gasteiger partial charge in [-0.3, -0.25) is 14.4 Å². The Labute approximate surface area is 229 Å². The molecule has 2 aliphatic heterocycles. The van der Waals surface area contributed by atoms with Crippen molar-refractivity contribution in [2.75, 3.05) is 18.1 Å². The number of halogens is 3. The van der Waals surface area contributed by atoms with E-state index in [1.807, 2.05) is 36.4 Å². The quantitative estimate of drug-likeness (QED) is 0.487. The number of alkyl halides is 3. The molecule has 0 bridgehead atoms. The van der Waals surface area contributed by atoms with Crippen LogP contribution in [0.2, 0.25) is 0 Å². The first-order valence-electron chi connectivity index (χ1n) is 13.5. The number of nitrogens with two attached hydrogens (primary N) is 1. The van der Waals surface area contributed by atoms with Crippen LogP contribution in [0.1, 0.15) is 49.7 Å². The molecule has 3 N–H and O–H groups in total. The van der Waals surface area contributed by atoms with E-state index in [4.69, 9.17) is 10.5 Å². The number of carbonyl (C=O) groups is 3. The zero-order valence-electron chi connectivity index (χ0n) is 21.8. The van der Waals surface area contributed by atoms with Crippen LogP contribution in [0.5, 0.6) is 5.75 Å². The summed E-state index contributed by atoms with van der Waals surface area (Å²) in [5.74, 6) is -3.99. The Kier molecular flexibility index (Phi) is 7.82. The Morgan fingerprint density at radius 2 is 1.85 bits per heavy atom. The van der Waals surface area contributed by atoms with Crippen LogP contribution >= 0.6 is 0 Å². The molecule has 3 unspecified atom stereocenters. The molecular formula is C29H31F3N4O4. The lowest BCUT2D eigenvalue weighted by Crippen LogP contribution is -2.51. The van der Waals surface area contributed by atoms with Gasteiger partial charge in [0.15, 0.2) is 0 Å². The predicted octanol–water partition coefficient (Wildman–Crippen LogP) is 3.96. The third kappa shape index (κ3) is 6.13. The minimum atomic E-state index is -4.53. The van der Waals surface area contributed by atoms with Crippen LogP contribution in [0.25, 0.3) is 0 Å². The van der Waals surface area contributed by atoms with Crippen molar-refractivity contribution >= 4 is 29.1 Å². The summed E-state index contributed by atoms with van der Waals surface area (Å²) in [5.41, 5.74) is 7.88. The van der Waals surface area contributed by atoms with E-state index in [9.17, 15) is 27.6 Å². The maximum absolute atomic E-state index is 13.9. The van der Waals surface area contributed by atoms with Crippen molar-refractivity contribution in [3.05, 3.63) is 59.7 Å². The first-order chi connectivity index (χ1) is 19.1. The summed E-state index contributed by atoms with van der Waals surface area (Å²) < 4.78 is 45.6. The molecule has 212 valence electrons. The highest BCUT2D eigenvalue weighted by molar-refractivity contribution is 6.21. The molecule has 2 aromatic rings. The van der Waals surface area contributed by atoms with E-state index in [2.05, 4.69) is 10.3 Å². The van der Waals surface area contributed by atoms with Crippen molar-refractivity contribution in [2.24, 2.45) is 28.5 Å². The van der Waals surface area contributed by atoms with Gasteiger partial charge in [-0.2, -0.15) is 13.2 Å². The molecule has 3 amide bonds. The summed E-state index contributed by atoms with van der Waals surface area (Å²) in [7, 11) is 0. The molecule has 0 radical (unpaired) electrons. The zero-order valence-corrected chi connectivity index (χ0v) is 21.8. The SMILES string of the molecule is NC(=O)C(CC1CC1)C(CCC(F)(F)F)C(=O)NC1N=C(c2ccccc2)c2cccc3c2N(CCCO3)C1=O. The van der Waals surface area contributed by atoms with E-state index in [0.717, 1.165) is 12.8 Å². The van der Waals surface area contributed by atoms with Crippen LogP contribution in [0.15, 0.2) is 53.5 Å². The van der Waals surface area contributed by atoms with Gasteiger partial charge in [0, 0.05) is 35.9 Å². The molecule has 11 heteroatoms. The monoisotopic (exact) mass is 556 g/mol. The third-order valence-electron chi connectivity index (χ3n) is 7.60. The largest absolute Gasteiger partial charge is 0.491 e. The van der Waals surface area contributed by atoms with Gasteiger partial charge in [-0.25, -0.2) is 4.99 Å². The molecular weight excluding hydrogens is 525 g/mol. The molecule has 40 heavy (non-hydrogen) atoms. The van der Waals surface area contributed by atoms with Crippen molar-refractivity contribution in [1.29, 1.82) is 0 Å². The summed E-state index contributed by atoms with van der Waals surface area (Å²) >= 11 is 0. The zero-order chi connectivity index (χ0) is 28.4. The lowest BCUT2D eigenvalue weighted by Gasteiger charge is -2.28. The number of aliphatic imine (C=N–C) groups is 1. The van der Waals surface area contributed by atoms with Crippen molar-refractivity contribution in [3.8, 4) is 5.75 Å². The fraction of sp³-hybridized carbons (Fsp3) is 0.448. The number of para-hydroxylation sites is 1. The van der Waals surface area contributed by atoms with E-state index in [1.165, 1.54) is 4.90 Å². The van der Waals surface area contributed by atoms with Gasteiger partial charge in [0.05, 0.1) is 18.0 Å². The van der Waals surface area contributed by atoms with Crippen LogP contribution in [-0.4, -0.2) is 48.9 Å². The Hall–Kier alpha value is -3.89. The topological polar surface area (TPSA) is 114 Å². The first-order valence-corrected chi connectivity index (χ1v) is 13.5. The highest BCUT2D eigenvalue weighted by atomic mass is 19.4. The molecule has 2 heterocycles. The maximum Gasteiger partial charge on any atom is 0.389 e. The van der Waals surface area contributed by atoms with Gasteiger partial charge >= 0.3 is 6.18 Å². The predicted molar refractivity (Wildman–Crippen MR) is 142 cm³/mol. The first kappa shape index (κ1) is 27.7. The molecule has 1 aliphatic carbocycles. The van der Waals surface area contributed by atoms with Gasteiger partial charge in [-0.15, -0.1) is 0 Å². The molecule has 0 spiro atoms. The minimum Gasteiger partial charge on any atom is -0.491 e. The van der Waals surface area contributed by atoms with Crippen molar-refractivity contribution in [2.45, 2.75) is 50.9 Å². The smallest absolute Gasteiger partial charge is 0.389 e. The second-order valence-corrected chi connectivity index (χ2v) is 10.5. The number of ether oxygens (including phenoxy) is 1. The molecule has 3 aliphatic rings. The average Bonchev–Trinajstić information content (AvgIpc) is 3.76. The number of hydrogen-bond donors (Lipinski definition) is 2. The summed E-state index contributed by atoms with van der Waals surface area (Å²) in [6.45, 7) is 0.686. The molecule has 0 saturated heterocycles. The van der Waals surface area contributed by atoms with Crippen LogP contribution in [0, 0.1) is 17.8 Å². The van der Waals surface area contributed by atoms with Crippen LogP contribution < -0.4 is 20.7 Å². The van der Waals surface area contributed by atoms with Gasteiger partial charge in [-0.1, -0.05) is 55.3 Å². The number of hydrogen-bond acceptors (Lipinski definition) is 5. The number of benzene rings is 2. The lowest BCUT2D eigenvalue weighted by molar-refractivity contribution is -0.146. The standard InChI is InChI=1S/C29H31F3N4O4/c30-29(31,32)13-12-19(21(25(33)37)16-17-10-11-17)27(38)35-26-28(39)36-14-5-15-40-22-9-4-8-20(24(22)36)23(34-26)18-6-2-1-3-7-18/h1-4,6-9,17,19,21,26H,5,10-16H2,(H2,33,37)(H,35,38). The summed E-state index contributed by atoms with van der Waals surface area (Å²) in [6, 6.07) is 14.5. The van der Waals surface area contributed by atoms with Gasteiger partial charge in [0.2, 0.25) is 18.0 Å². The second-order valence-electron chi connectivity index (χ2n) is 10.5. The molecule has 0 aromatic heterocycles. The average molecular weight is 557 g/mol.